The molecule has 4 N–H and O–H groups in total. The molecule has 1 rings (SSSR count). The van der Waals surface area contributed by atoms with Crippen LogP contribution in [0.4, 0.5) is 26.3 Å². The average molecular weight is 370 g/mol. The second kappa shape index (κ2) is 9.95. The Balaban J connectivity index is 0. The molecule has 1 saturated heterocycles. The summed E-state index contributed by atoms with van der Waals surface area (Å²) < 4.78 is 63.5. The summed E-state index contributed by atoms with van der Waals surface area (Å²) in [5.74, 6) is -5.56. The number of carboxylic acids is 2. The molecule has 1 heterocycles. The number of rotatable bonds is 1. The zero-order valence-electron chi connectivity index (χ0n) is 12.3. The fourth-order valence-electron chi connectivity index (χ4n) is 1.40. The van der Waals surface area contributed by atoms with E-state index in [-0.39, 0.29) is 11.8 Å². The van der Waals surface area contributed by atoms with E-state index in [1.165, 1.54) is 0 Å². The molecular formula is C11H16F6N2O5. The Morgan fingerprint density at radius 2 is 1.33 bits per heavy atom. The van der Waals surface area contributed by atoms with Crippen LogP contribution in [0.2, 0.25) is 0 Å². The maximum absolute atomic E-state index is 10.7. The predicted octanol–water partition coefficient (Wildman–Crippen LogP) is 1.08. The van der Waals surface area contributed by atoms with E-state index in [9.17, 15) is 31.1 Å². The number of aliphatic carboxylic acids is 2. The van der Waals surface area contributed by atoms with Gasteiger partial charge in [0.15, 0.2) is 0 Å². The zero-order valence-corrected chi connectivity index (χ0v) is 12.3. The highest BCUT2D eigenvalue weighted by Crippen LogP contribution is 2.14. The van der Waals surface area contributed by atoms with Crippen molar-refractivity contribution in [1.82, 2.24) is 4.90 Å². The summed E-state index contributed by atoms with van der Waals surface area (Å²) in [5.41, 5.74) is 5.16. The van der Waals surface area contributed by atoms with Crippen molar-refractivity contribution >= 4 is 17.8 Å². The lowest BCUT2D eigenvalue weighted by Crippen LogP contribution is -2.38. The zero-order chi connectivity index (χ0) is 19.7. The van der Waals surface area contributed by atoms with Crippen molar-refractivity contribution in [3.8, 4) is 0 Å². The van der Waals surface area contributed by atoms with Crippen molar-refractivity contribution in [2.75, 3.05) is 20.1 Å². The van der Waals surface area contributed by atoms with E-state index < -0.39 is 24.3 Å². The van der Waals surface area contributed by atoms with Crippen LogP contribution in [0.3, 0.4) is 0 Å². The van der Waals surface area contributed by atoms with E-state index in [2.05, 4.69) is 4.90 Å². The minimum Gasteiger partial charge on any atom is -0.475 e. The maximum atomic E-state index is 10.7. The van der Waals surface area contributed by atoms with Gasteiger partial charge in [-0.05, 0) is 26.4 Å². The van der Waals surface area contributed by atoms with Crippen molar-refractivity contribution < 1.29 is 50.9 Å². The van der Waals surface area contributed by atoms with E-state index >= 15 is 0 Å². The molecule has 0 aliphatic carbocycles. The Kier molecular flexibility index (Phi) is 10.0. The van der Waals surface area contributed by atoms with Gasteiger partial charge in [0, 0.05) is 6.54 Å². The number of amides is 1. The van der Waals surface area contributed by atoms with E-state index in [1.54, 1.807) is 0 Å². The van der Waals surface area contributed by atoms with Gasteiger partial charge in [0.25, 0.3) is 0 Å². The van der Waals surface area contributed by atoms with Crippen LogP contribution in [-0.2, 0) is 14.4 Å². The molecule has 13 heteroatoms. The topological polar surface area (TPSA) is 121 Å². The number of alkyl halides is 6. The third kappa shape index (κ3) is 12.5. The minimum atomic E-state index is -5.08. The number of carbonyl (C=O) groups is 3. The third-order valence-corrected chi connectivity index (χ3v) is 2.51. The number of hydrogen-bond donors (Lipinski definition) is 3. The summed E-state index contributed by atoms with van der Waals surface area (Å²) in [6, 6.07) is 0. The number of piperidine rings is 1. The molecule has 0 radical (unpaired) electrons. The van der Waals surface area contributed by atoms with E-state index in [1.807, 2.05) is 7.05 Å². The van der Waals surface area contributed by atoms with Gasteiger partial charge >= 0.3 is 24.3 Å². The van der Waals surface area contributed by atoms with Crippen LogP contribution in [-0.4, -0.2) is 65.4 Å². The van der Waals surface area contributed by atoms with Crippen LogP contribution in [0.1, 0.15) is 12.8 Å². The highest BCUT2D eigenvalue weighted by Gasteiger charge is 2.38. The molecule has 1 unspecified atom stereocenters. The van der Waals surface area contributed by atoms with E-state index in [4.69, 9.17) is 25.5 Å². The highest BCUT2D eigenvalue weighted by molar-refractivity contribution is 5.77. The summed E-state index contributed by atoms with van der Waals surface area (Å²) in [6.45, 7) is 1.94. The number of hydrogen-bond acceptors (Lipinski definition) is 4. The van der Waals surface area contributed by atoms with Gasteiger partial charge in [-0.2, -0.15) is 26.3 Å². The second-order valence-corrected chi connectivity index (χ2v) is 4.61. The van der Waals surface area contributed by atoms with Gasteiger partial charge in [-0.25, -0.2) is 9.59 Å². The molecule has 7 nitrogen and oxygen atoms in total. The van der Waals surface area contributed by atoms with Gasteiger partial charge < -0.3 is 20.8 Å². The third-order valence-electron chi connectivity index (χ3n) is 2.51. The summed E-state index contributed by atoms with van der Waals surface area (Å²) in [6.07, 6.45) is -8.09. The number of primary amides is 1. The van der Waals surface area contributed by atoms with Crippen LogP contribution < -0.4 is 5.73 Å². The lowest BCUT2D eigenvalue weighted by Gasteiger charge is -2.27. The van der Waals surface area contributed by atoms with Crippen molar-refractivity contribution in [1.29, 1.82) is 0 Å². The number of likely N-dealkylation sites (tertiary alicyclic amines) is 1. The normalized spacial score (nSPS) is 18.4. The van der Waals surface area contributed by atoms with Crippen molar-refractivity contribution in [2.24, 2.45) is 11.7 Å². The fraction of sp³-hybridized carbons (Fsp3) is 0.727. The molecular weight excluding hydrogens is 354 g/mol. The summed E-state index contributed by atoms with van der Waals surface area (Å²) in [5, 5.41) is 14.2. The van der Waals surface area contributed by atoms with Crippen LogP contribution in [0, 0.1) is 5.92 Å². The first-order chi connectivity index (χ1) is 10.6. The number of carboxylic acid groups (broad SMARTS) is 2. The Morgan fingerprint density at radius 1 is 1.00 bits per heavy atom. The molecule has 0 saturated carbocycles. The summed E-state index contributed by atoms with van der Waals surface area (Å²) in [7, 11) is 2.02. The number of halogens is 6. The lowest BCUT2D eigenvalue weighted by molar-refractivity contribution is -0.193. The Bertz CT molecular complexity index is 414. The standard InChI is InChI=1S/C7H14N2O.2C2HF3O2/c1-9-4-2-3-6(5-9)7(8)10;2*3-2(4,5)1(6)7/h6H,2-5H2,1H3,(H2,8,10);2*(H,6,7). The van der Waals surface area contributed by atoms with E-state index in [0.717, 1.165) is 25.9 Å². The molecule has 24 heavy (non-hydrogen) atoms. The molecule has 0 aromatic heterocycles. The molecule has 1 atom stereocenters. The van der Waals surface area contributed by atoms with Gasteiger partial charge in [0.1, 0.15) is 0 Å². The molecule has 1 amide bonds. The average Bonchev–Trinajstić information content (AvgIpc) is 2.37. The first-order valence-electron chi connectivity index (χ1n) is 6.17. The Labute approximate surface area is 132 Å². The SMILES string of the molecule is CN1CCCC(C(N)=O)C1.O=C(O)C(F)(F)F.O=C(O)C(F)(F)F. The number of nitrogens with two attached hydrogens (primary N) is 1. The van der Waals surface area contributed by atoms with Gasteiger partial charge in [-0.3, -0.25) is 4.79 Å². The van der Waals surface area contributed by atoms with Crippen molar-refractivity contribution in [2.45, 2.75) is 25.2 Å². The molecule has 0 aromatic rings. The van der Waals surface area contributed by atoms with Gasteiger partial charge in [0.2, 0.25) is 5.91 Å². The van der Waals surface area contributed by atoms with Crippen LogP contribution >= 0.6 is 0 Å². The lowest BCUT2D eigenvalue weighted by atomic mass is 9.98. The minimum absolute atomic E-state index is 0.0961. The van der Waals surface area contributed by atoms with Gasteiger partial charge in [-0.1, -0.05) is 0 Å². The van der Waals surface area contributed by atoms with E-state index in [0.29, 0.717) is 0 Å². The quantitative estimate of drug-likeness (QED) is 0.594. The molecule has 1 aliphatic rings. The van der Waals surface area contributed by atoms with Gasteiger partial charge in [-0.15, -0.1) is 0 Å². The molecule has 1 aliphatic heterocycles. The largest absolute Gasteiger partial charge is 0.490 e. The Morgan fingerprint density at radius 3 is 1.50 bits per heavy atom. The predicted molar refractivity (Wildman–Crippen MR) is 66.8 cm³/mol. The fourth-order valence-corrected chi connectivity index (χ4v) is 1.40. The van der Waals surface area contributed by atoms with Crippen molar-refractivity contribution in [3.63, 3.8) is 0 Å². The molecule has 0 spiro atoms. The first-order valence-corrected chi connectivity index (χ1v) is 6.17. The number of nitrogens with zero attached hydrogens (tertiary/aromatic N) is 1. The van der Waals surface area contributed by atoms with Crippen LogP contribution in [0.25, 0.3) is 0 Å². The first kappa shape index (κ1) is 24.2. The molecule has 0 bridgehead atoms. The highest BCUT2D eigenvalue weighted by atomic mass is 19.4. The van der Waals surface area contributed by atoms with Gasteiger partial charge in [0.05, 0.1) is 5.92 Å². The van der Waals surface area contributed by atoms with Crippen LogP contribution in [0.15, 0.2) is 0 Å². The van der Waals surface area contributed by atoms with Crippen molar-refractivity contribution in [3.05, 3.63) is 0 Å². The number of carbonyl (C=O) groups excluding carboxylic acids is 1. The molecule has 1 fully saturated rings. The monoisotopic (exact) mass is 370 g/mol. The Hall–Kier alpha value is -2.05. The molecule has 0 aromatic carbocycles. The summed E-state index contributed by atoms with van der Waals surface area (Å²) in [4.78, 5) is 30.6. The molecule has 142 valence electrons. The second-order valence-electron chi connectivity index (χ2n) is 4.61. The van der Waals surface area contributed by atoms with Crippen LogP contribution in [0.5, 0.6) is 0 Å². The summed E-state index contributed by atoms with van der Waals surface area (Å²) >= 11 is 0. The maximum Gasteiger partial charge on any atom is 0.490 e. The smallest absolute Gasteiger partial charge is 0.475 e.